The van der Waals surface area contributed by atoms with Crippen LogP contribution in [0.5, 0.6) is 0 Å². The molecule has 2 aromatic heterocycles. The summed E-state index contributed by atoms with van der Waals surface area (Å²) in [5.41, 5.74) is 3.66. The van der Waals surface area contributed by atoms with Crippen LogP contribution in [0.2, 0.25) is 0 Å². The number of rotatable bonds is 5. The van der Waals surface area contributed by atoms with Gasteiger partial charge in [-0.1, -0.05) is 30.3 Å². The van der Waals surface area contributed by atoms with Gasteiger partial charge in [0.2, 0.25) is 0 Å². The quantitative estimate of drug-likeness (QED) is 0.726. The lowest BCUT2D eigenvalue weighted by Gasteiger charge is -2.01. The second-order valence-electron chi connectivity index (χ2n) is 6.35. The SMILES string of the molecule is O=C(NCc1csc(Cc2ccccc2)n1)c1cc2n(n1)CCCNC2. The zero-order chi connectivity index (χ0) is 17.8. The highest BCUT2D eigenvalue weighted by atomic mass is 32.1. The highest BCUT2D eigenvalue weighted by Crippen LogP contribution is 2.15. The second-order valence-corrected chi connectivity index (χ2v) is 7.29. The number of benzene rings is 1. The molecule has 3 aromatic rings. The molecule has 0 spiro atoms. The molecule has 0 bridgehead atoms. The summed E-state index contributed by atoms with van der Waals surface area (Å²) in [7, 11) is 0. The second kappa shape index (κ2) is 7.80. The van der Waals surface area contributed by atoms with Gasteiger partial charge in [-0.3, -0.25) is 9.48 Å². The molecule has 1 amide bonds. The van der Waals surface area contributed by atoms with Gasteiger partial charge in [0.1, 0.15) is 0 Å². The van der Waals surface area contributed by atoms with Crippen molar-refractivity contribution in [3.8, 4) is 0 Å². The summed E-state index contributed by atoms with van der Waals surface area (Å²) in [5.74, 6) is -0.150. The minimum atomic E-state index is -0.150. The summed E-state index contributed by atoms with van der Waals surface area (Å²) in [4.78, 5) is 17.0. The lowest BCUT2D eigenvalue weighted by molar-refractivity contribution is 0.0944. The maximum atomic E-state index is 12.4. The first-order valence-corrected chi connectivity index (χ1v) is 9.69. The first kappa shape index (κ1) is 16.9. The van der Waals surface area contributed by atoms with Crippen molar-refractivity contribution in [3.63, 3.8) is 0 Å². The molecule has 0 saturated carbocycles. The molecule has 26 heavy (non-hydrogen) atoms. The molecule has 0 aliphatic carbocycles. The van der Waals surface area contributed by atoms with E-state index in [1.165, 1.54) is 5.56 Å². The van der Waals surface area contributed by atoms with Crippen molar-refractivity contribution in [2.75, 3.05) is 6.54 Å². The maximum absolute atomic E-state index is 12.4. The first-order chi connectivity index (χ1) is 12.8. The van der Waals surface area contributed by atoms with Crippen molar-refractivity contribution in [2.24, 2.45) is 0 Å². The van der Waals surface area contributed by atoms with Crippen molar-refractivity contribution in [1.82, 2.24) is 25.4 Å². The number of aromatic nitrogens is 3. The molecule has 0 atom stereocenters. The summed E-state index contributed by atoms with van der Waals surface area (Å²) < 4.78 is 1.93. The highest BCUT2D eigenvalue weighted by Gasteiger charge is 2.16. The van der Waals surface area contributed by atoms with E-state index < -0.39 is 0 Å². The van der Waals surface area contributed by atoms with Crippen LogP contribution in [-0.2, 0) is 26.1 Å². The molecule has 1 aromatic carbocycles. The fraction of sp³-hybridized carbons (Fsp3) is 0.316. The molecule has 0 saturated heterocycles. The number of fused-ring (bicyclic) bond motifs is 1. The van der Waals surface area contributed by atoms with E-state index in [9.17, 15) is 4.79 Å². The molecule has 7 heteroatoms. The Balaban J connectivity index is 1.35. The van der Waals surface area contributed by atoms with E-state index in [1.54, 1.807) is 11.3 Å². The van der Waals surface area contributed by atoms with E-state index in [0.29, 0.717) is 12.2 Å². The monoisotopic (exact) mass is 367 g/mol. The maximum Gasteiger partial charge on any atom is 0.272 e. The average Bonchev–Trinajstić information content (AvgIpc) is 3.22. The van der Waals surface area contributed by atoms with E-state index in [-0.39, 0.29) is 5.91 Å². The van der Waals surface area contributed by atoms with Gasteiger partial charge < -0.3 is 10.6 Å². The Morgan fingerprint density at radius 2 is 2.19 bits per heavy atom. The van der Waals surface area contributed by atoms with Crippen LogP contribution < -0.4 is 10.6 Å². The van der Waals surface area contributed by atoms with Crippen molar-refractivity contribution in [3.05, 3.63) is 69.4 Å². The van der Waals surface area contributed by atoms with Gasteiger partial charge in [0, 0.05) is 24.9 Å². The van der Waals surface area contributed by atoms with Crippen LogP contribution >= 0.6 is 11.3 Å². The molecule has 3 heterocycles. The van der Waals surface area contributed by atoms with Gasteiger partial charge in [0.05, 0.1) is 22.9 Å². The van der Waals surface area contributed by atoms with Crippen molar-refractivity contribution in [2.45, 2.75) is 32.5 Å². The van der Waals surface area contributed by atoms with Crippen LogP contribution in [0.4, 0.5) is 0 Å². The number of nitrogens with one attached hydrogen (secondary N) is 2. The molecule has 0 radical (unpaired) electrons. The molecule has 4 rings (SSSR count). The van der Waals surface area contributed by atoms with Crippen molar-refractivity contribution in [1.29, 1.82) is 0 Å². The van der Waals surface area contributed by atoms with Gasteiger partial charge in [0.25, 0.3) is 5.91 Å². The Labute approximate surface area is 156 Å². The topological polar surface area (TPSA) is 71.8 Å². The summed E-state index contributed by atoms with van der Waals surface area (Å²) in [6.07, 6.45) is 1.85. The van der Waals surface area contributed by atoms with Crippen LogP contribution in [-0.4, -0.2) is 27.2 Å². The van der Waals surface area contributed by atoms with Crippen LogP contribution in [0.15, 0.2) is 41.8 Å². The molecule has 1 aliphatic rings. The Morgan fingerprint density at radius 1 is 1.31 bits per heavy atom. The van der Waals surface area contributed by atoms with E-state index >= 15 is 0 Å². The third-order valence-electron chi connectivity index (χ3n) is 4.35. The van der Waals surface area contributed by atoms with Gasteiger partial charge in [0.15, 0.2) is 5.69 Å². The number of hydrogen-bond donors (Lipinski definition) is 2. The Bertz CT molecular complexity index is 863. The van der Waals surface area contributed by atoms with Gasteiger partial charge in [-0.15, -0.1) is 11.3 Å². The Hall–Kier alpha value is -2.51. The summed E-state index contributed by atoms with van der Waals surface area (Å²) in [6.45, 7) is 3.02. The zero-order valence-electron chi connectivity index (χ0n) is 14.4. The number of thiazole rings is 1. The number of nitrogens with zero attached hydrogens (tertiary/aromatic N) is 3. The van der Waals surface area contributed by atoms with Gasteiger partial charge in [-0.2, -0.15) is 5.10 Å². The van der Waals surface area contributed by atoms with Crippen LogP contribution in [0, 0.1) is 0 Å². The van der Waals surface area contributed by atoms with Crippen molar-refractivity contribution < 1.29 is 4.79 Å². The van der Waals surface area contributed by atoms with E-state index in [4.69, 9.17) is 0 Å². The number of carbonyl (C=O) groups excluding carboxylic acids is 1. The van der Waals surface area contributed by atoms with Crippen molar-refractivity contribution >= 4 is 17.2 Å². The molecule has 2 N–H and O–H groups in total. The standard InChI is InChI=1S/C19H21N5OS/c25-19(17-10-16-12-20-7-4-8-24(16)23-17)21-11-15-13-26-18(22-15)9-14-5-2-1-3-6-14/h1-3,5-6,10,13,20H,4,7-9,11-12H2,(H,21,25). The lowest BCUT2D eigenvalue weighted by Crippen LogP contribution is -2.23. The third kappa shape index (κ3) is 4.00. The predicted octanol–water partition coefficient (Wildman–Crippen LogP) is 2.35. The fourth-order valence-corrected chi connectivity index (χ4v) is 3.84. The molecule has 6 nitrogen and oxygen atoms in total. The summed E-state index contributed by atoms with van der Waals surface area (Å²) in [6, 6.07) is 12.1. The molecule has 0 fully saturated rings. The van der Waals surface area contributed by atoms with Gasteiger partial charge in [-0.05, 0) is 24.6 Å². The van der Waals surface area contributed by atoms with Crippen LogP contribution in [0.1, 0.15) is 38.9 Å². The fourth-order valence-electron chi connectivity index (χ4n) is 3.02. The summed E-state index contributed by atoms with van der Waals surface area (Å²) >= 11 is 1.63. The van der Waals surface area contributed by atoms with E-state index in [2.05, 4.69) is 32.8 Å². The molecular weight excluding hydrogens is 346 g/mol. The first-order valence-electron chi connectivity index (χ1n) is 8.81. The number of aryl methyl sites for hydroxylation is 1. The number of carbonyl (C=O) groups is 1. The minimum Gasteiger partial charge on any atom is -0.345 e. The average molecular weight is 367 g/mol. The summed E-state index contributed by atoms with van der Waals surface area (Å²) in [5, 5.41) is 13.8. The van der Waals surface area contributed by atoms with E-state index in [1.807, 2.05) is 34.3 Å². The third-order valence-corrected chi connectivity index (χ3v) is 5.25. The molecule has 134 valence electrons. The van der Waals surface area contributed by atoms with E-state index in [0.717, 1.165) is 48.9 Å². The van der Waals surface area contributed by atoms with Crippen LogP contribution in [0.25, 0.3) is 0 Å². The normalized spacial score (nSPS) is 13.8. The Kier molecular flexibility index (Phi) is 5.08. The van der Waals surface area contributed by atoms with Gasteiger partial charge >= 0.3 is 0 Å². The number of amides is 1. The number of hydrogen-bond acceptors (Lipinski definition) is 5. The van der Waals surface area contributed by atoms with Crippen LogP contribution in [0.3, 0.4) is 0 Å². The zero-order valence-corrected chi connectivity index (χ0v) is 15.3. The molecule has 0 unspecified atom stereocenters. The lowest BCUT2D eigenvalue weighted by atomic mass is 10.2. The molecule has 1 aliphatic heterocycles. The largest absolute Gasteiger partial charge is 0.345 e. The van der Waals surface area contributed by atoms with Gasteiger partial charge in [-0.25, -0.2) is 4.98 Å². The minimum absolute atomic E-state index is 0.150. The Morgan fingerprint density at radius 3 is 3.08 bits per heavy atom. The smallest absolute Gasteiger partial charge is 0.272 e. The molecular formula is C19H21N5OS. The highest BCUT2D eigenvalue weighted by molar-refractivity contribution is 7.09. The predicted molar refractivity (Wildman–Crippen MR) is 101 cm³/mol.